The summed E-state index contributed by atoms with van der Waals surface area (Å²) in [5.41, 5.74) is -4.72. The molecule has 4 aliphatic rings. The predicted molar refractivity (Wildman–Crippen MR) is 140 cm³/mol. The zero-order valence-electron chi connectivity index (χ0n) is 22.2. The van der Waals surface area contributed by atoms with E-state index in [-0.39, 0.29) is 24.3 Å². The van der Waals surface area contributed by atoms with Crippen LogP contribution in [0.25, 0.3) is 6.08 Å². The Kier molecular flexibility index (Phi) is 6.58. The van der Waals surface area contributed by atoms with Crippen LogP contribution in [0.5, 0.6) is 0 Å². The number of carbonyl (C=O) groups excluding carboxylic acids is 2. The first-order valence-corrected chi connectivity index (χ1v) is 13.4. The van der Waals surface area contributed by atoms with Gasteiger partial charge in [-0.3, -0.25) is 9.59 Å². The minimum absolute atomic E-state index is 0.0302. The topological polar surface area (TPSA) is 112 Å². The fourth-order valence-electron chi connectivity index (χ4n) is 8.49. The maximum atomic E-state index is 17.3. The molecule has 0 heterocycles. The molecule has 0 aromatic heterocycles. The second-order valence-corrected chi connectivity index (χ2v) is 12.3. The van der Waals surface area contributed by atoms with Gasteiger partial charge in [-0.25, -0.2) is 13.6 Å². The number of hydrogen-bond acceptors (Lipinski definition) is 5. The molecule has 3 saturated carbocycles. The number of benzene rings is 1. The smallest absolute Gasteiger partial charge is 0.334 e. The quantitative estimate of drug-likeness (QED) is 0.481. The van der Waals surface area contributed by atoms with Crippen LogP contribution in [0.15, 0.2) is 59.7 Å². The highest BCUT2D eigenvalue weighted by Crippen LogP contribution is 2.70. The highest BCUT2D eigenvalue weighted by Gasteiger charge is 2.73. The van der Waals surface area contributed by atoms with E-state index in [2.05, 4.69) is 0 Å². The van der Waals surface area contributed by atoms with Crippen LogP contribution in [-0.4, -0.2) is 56.9 Å². The monoisotopic (exact) mass is 540 g/mol. The summed E-state index contributed by atoms with van der Waals surface area (Å²) in [6.45, 7) is 5.08. The minimum Gasteiger partial charge on any atom is -0.478 e. The molecule has 0 spiro atoms. The van der Waals surface area contributed by atoms with Gasteiger partial charge in [0.25, 0.3) is 0 Å². The summed E-state index contributed by atoms with van der Waals surface area (Å²) in [6.07, 6.45) is -0.111. The molecule has 0 saturated heterocycles. The Labute approximate surface area is 226 Å². The molecule has 39 heavy (non-hydrogen) atoms. The Morgan fingerprint density at radius 2 is 1.79 bits per heavy atom. The Morgan fingerprint density at radius 3 is 2.44 bits per heavy atom. The van der Waals surface area contributed by atoms with E-state index in [4.69, 9.17) is 0 Å². The molecule has 0 aliphatic heterocycles. The number of carboxylic acid groups (broad SMARTS) is 1. The zero-order chi connectivity index (χ0) is 28.5. The van der Waals surface area contributed by atoms with Crippen molar-refractivity contribution in [2.45, 2.75) is 64.1 Å². The molecule has 3 fully saturated rings. The van der Waals surface area contributed by atoms with E-state index in [0.29, 0.717) is 12.0 Å². The van der Waals surface area contributed by atoms with Gasteiger partial charge in [0.15, 0.2) is 17.2 Å². The predicted octanol–water partition coefficient (Wildman–Crippen LogP) is 4.27. The van der Waals surface area contributed by atoms with E-state index in [0.717, 1.165) is 6.08 Å². The van der Waals surface area contributed by atoms with Crippen molar-refractivity contribution in [2.75, 3.05) is 0 Å². The Bertz CT molecular complexity index is 1300. The third kappa shape index (κ3) is 3.90. The van der Waals surface area contributed by atoms with Crippen LogP contribution in [0.2, 0.25) is 0 Å². The van der Waals surface area contributed by atoms with Crippen LogP contribution in [-0.2, 0) is 14.4 Å². The molecular formula is C31H34F2O6. The normalized spacial score (nSPS) is 42.2. The van der Waals surface area contributed by atoms with Gasteiger partial charge in [-0.2, -0.15) is 0 Å². The van der Waals surface area contributed by atoms with Gasteiger partial charge >= 0.3 is 5.97 Å². The number of alkyl halides is 2. The number of aliphatic hydroxyl groups is 2. The van der Waals surface area contributed by atoms with Gasteiger partial charge in [0.1, 0.15) is 12.3 Å². The summed E-state index contributed by atoms with van der Waals surface area (Å²) in [4.78, 5) is 37.9. The van der Waals surface area contributed by atoms with Gasteiger partial charge in [0.05, 0.1) is 11.7 Å². The lowest BCUT2D eigenvalue weighted by Crippen LogP contribution is -2.68. The Morgan fingerprint density at radius 1 is 1.13 bits per heavy atom. The number of carboxylic acids is 1. The van der Waals surface area contributed by atoms with Crippen molar-refractivity contribution in [1.82, 2.24) is 0 Å². The number of fused-ring (bicyclic) bond motifs is 5. The summed E-state index contributed by atoms with van der Waals surface area (Å²) >= 11 is 0. The first-order valence-electron chi connectivity index (χ1n) is 13.4. The molecule has 208 valence electrons. The molecule has 1 unspecified atom stereocenters. The van der Waals surface area contributed by atoms with Crippen LogP contribution in [0, 0.1) is 34.5 Å². The van der Waals surface area contributed by atoms with Gasteiger partial charge < -0.3 is 15.3 Å². The summed E-state index contributed by atoms with van der Waals surface area (Å²) in [6, 6.07) is 8.48. The van der Waals surface area contributed by atoms with Crippen molar-refractivity contribution in [3.05, 3.63) is 65.3 Å². The van der Waals surface area contributed by atoms with Crippen LogP contribution in [0.1, 0.15) is 45.6 Å². The highest BCUT2D eigenvalue weighted by molar-refractivity contribution is 6.03. The zero-order valence-corrected chi connectivity index (χ0v) is 22.2. The number of hydrogen-bond donors (Lipinski definition) is 3. The van der Waals surface area contributed by atoms with E-state index in [9.17, 15) is 29.7 Å². The second-order valence-electron chi connectivity index (χ2n) is 12.3. The molecule has 5 rings (SSSR count). The molecule has 8 heteroatoms. The number of Topliss-reactive ketones (excluding diaryl/α,β-unsaturated/α-hetero) is 1. The maximum Gasteiger partial charge on any atom is 0.334 e. The first-order chi connectivity index (χ1) is 18.3. The molecule has 6 nitrogen and oxygen atoms in total. The first kappa shape index (κ1) is 27.6. The van der Waals surface area contributed by atoms with Gasteiger partial charge in [-0.1, -0.05) is 50.3 Å². The summed E-state index contributed by atoms with van der Waals surface area (Å²) in [5.74, 6) is -5.24. The number of ketones is 2. The highest BCUT2D eigenvalue weighted by atomic mass is 19.1. The van der Waals surface area contributed by atoms with Crippen molar-refractivity contribution in [3.8, 4) is 0 Å². The molecule has 0 amide bonds. The largest absolute Gasteiger partial charge is 0.478 e. The standard InChI is InChI=1S/C31H34F2O6/c1-16-11-20-21-14-23(32)22-13-18(34)9-10-30(22,3)31(21,33)24(35)15-29(20,2)25(16)27(37)26(36)19(28(38)39)12-17-7-5-4-6-8-17/h4-10,12-13,16,20-21,23-26,35-36H,11,14-15H2,1-3H3,(H,38,39)/t16-,20+,21+,23+,24+,25-,26?,29-,30+,31+/m1/s1. The summed E-state index contributed by atoms with van der Waals surface area (Å²) in [5, 5.41) is 32.3. The van der Waals surface area contributed by atoms with Gasteiger partial charge in [-0.05, 0) is 72.8 Å². The average molecular weight is 541 g/mol. The molecule has 1 aromatic carbocycles. The van der Waals surface area contributed by atoms with Crippen LogP contribution in [0.4, 0.5) is 8.78 Å². The molecule has 10 atom stereocenters. The fraction of sp³-hybridized carbons (Fsp3) is 0.516. The van der Waals surface area contributed by atoms with E-state index in [1.54, 1.807) is 44.2 Å². The average Bonchev–Trinajstić information content (AvgIpc) is 3.14. The number of carbonyl (C=O) groups is 3. The van der Waals surface area contributed by atoms with Crippen LogP contribution >= 0.6 is 0 Å². The molecule has 4 aliphatic carbocycles. The van der Waals surface area contributed by atoms with E-state index in [1.165, 1.54) is 25.2 Å². The molecular weight excluding hydrogens is 506 g/mol. The van der Waals surface area contributed by atoms with Crippen molar-refractivity contribution in [2.24, 2.45) is 34.5 Å². The third-order valence-electron chi connectivity index (χ3n) is 10.2. The van der Waals surface area contributed by atoms with Crippen molar-refractivity contribution in [1.29, 1.82) is 0 Å². The number of halogens is 2. The molecule has 0 radical (unpaired) electrons. The number of aliphatic hydroxyl groups excluding tert-OH is 2. The van der Waals surface area contributed by atoms with Crippen LogP contribution in [0.3, 0.4) is 0 Å². The second kappa shape index (κ2) is 9.30. The third-order valence-corrected chi connectivity index (χ3v) is 10.2. The minimum atomic E-state index is -2.27. The number of rotatable bonds is 5. The van der Waals surface area contributed by atoms with Gasteiger partial charge in [-0.15, -0.1) is 0 Å². The Hall–Kier alpha value is -2.97. The van der Waals surface area contributed by atoms with Crippen LogP contribution < -0.4 is 0 Å². The van der Waals surface area contributed by atoms with Crippen molar-refractivity contribution in [3.63, 3.8) is 0 Å². The lowest BCUT2D eigenvalue weighted by Gasteiger charge is -2.62. The summed E-state index contributed by atoms with van der Waals surface area (Å²) in [7, 11) is 0. The van der Waals surface area contributed by atoms with Crippen molar-refractivity contribution < 1.29 is 38.5 Å². The fourth-order valence-corrected chi connectivity index (χ4v) is 8.49. The van der Waals surface area contributed by atoms with E-state index < -0.39 is 75.7 Å². The molecule has 3 N–H and O–H groups in total. The van der Waals surface area contributed by atoms with Crippen molar-refractivity contribution >= 4 is 23.6 Å². The molecule has 1 aromatic rings. The van der Waals surface area contributed by atoms with E-state index in [1.807, 2.05) is 0 Å². The molecule has 0 bridgehead atoms. The van der Waals surface area contributed by atoms with Gasteiger partial charge in [0, 0.05) is 17.3 Å². The summed E-state index contributed by atoms with van der Waals surface area (Å²) < 4.78 is 32.9. The number of allylic oxidation sites excluding steroid dienone is 4. The lowest BCUT2D eigenvalue weighted by molar-refractivity contribution is -0.202. The van der Waals surface area contributed by atoms with Gasteiger partial charge in [0.2, 0.25) is 0 Å². The SMILES string of the molecule is C[C@@H]1C[C@H]2[C@@H]3C[C@H](F)C4=CC(=O)C=C[C@]4(C)[C@@]3(F)[C@@H](O)C[C@@]2(C)[C@H]1C(=O)C(O)C(=Cc1ccccc1)C(=O)O. The number of aliphatic carboxylic acids is 1. The van der Waals surface area contributed by atoms with E-state index >= 15 is 8.78 Å². The lowest BCUT2D eigenvalue weighted by atomic mass is 9.44. The Balaban J connectivity index is 1.52. The maximum absolute atomic E-state index is 17.3.